The van der Waals surface area contributed by atoms with Gasteiger partial charge in [-0.05, 0) is 75.4 Å². The van der Waals surface area contributed by atoms with E-state index >= 15 is 0 Å². The number of nitrogens with one attached hydrogen (secondary N) is 2. The number of nitrogens with zero attached hydrogens (tertiary/aromatic N) is 2. The molecule has 206 valence electrons. The van der Waals surface area contributed by atoms with Gasteiger partial charge >= 0.3 is 0 Å². The Kier molecular flexibility index (Phi) is 9.08. The third-order valence-corrected chi connectivity index (χ3v) is 7.07. The van der Waals surface area contributed by atoms with Crippen LogP contribution in [0.25, 0.3) is 10.9 Å². The lowest BCUT2D eigenvalue weighted by atomic mass is 10.1. The van der Waals surface area contributed by atoms with Gasteiger partial charge < -0.3 is 15.2 Å². The van der Waals surface area contributed by atoms with Gasteiger partial charge in [0.05, 0.1) is 30.5 Å². The van der Waals surface area contributed by atoms with Crippen molar-refractivity contribution in [3.63, 3.8) is 0 Å². The summed E-state index contributed by atoms with van der Waals surface area (Å²) in [5.74, 6) is 0.206. The number of aldehydes is 1. The highest BCUT2D eigenvalue weighted by Gasteiger charge is 2.23. The Morgan fingerprint density at radius 3 is 2.42 bits per heavy atom. The minimum Gasteiger partial charge on any atom is -0.497 e. The lowest BCUT2D eigenvalue weighted by Gasteiger charge is -2.33. The summed E-state index contributed by atoms with van der Waals surface area (Å²) in [6.45, 7) is 5.12. The van der Waals surface area contributed by atoms with Crippen molar-refractivity contribution in [1.29, 1.82) is 0 Å². The van der Waals surface area contributed by atoms with Crippen molar-refractivity contribution in [3.05, 3.63) is 96.3 Å². The average Bonchev–Trinajstić information content (AvgIpc) is 2.93. The molecule has 3 N–H and O–H groups in total. The molecule has 1 aromatic heterocycles. The summed E-state index contributed by atoms with van der Waals surface area (Å²) in [5, 5.41) is 15.9. The Labute approximate surface area is 238 Å². The molecule has 40 heavy (non-hydrogen) atoms. The van der Waals surface area contributed by atoms with Gasteiger partial charge in [0, 0.05) is 38.8 Å². The average molecular weight is 557 g/mol. The number of pyridine rings is 1. The normalized spacial score (nSPS) is 11.9. The molecule has 0 unspecified atom stereocenters. The van der Waals surface area contributed by atoms with E-state index in [-0.39, 0.29) is 12.1 Å². The first-order chi connectivity index (χ1) is 19.2. The first-order valence-electron chi connectivity index (χ1n) is 12.7. The molecular weight excluding hydrogens is 524 g/mol. The van der Waals surface area contributed by atoms with E-state index in [1.54, 1.807) is 63.0 Å². The van der Waals surface area contributed by atoms with Crippen LogP contribution >= 0.6 is 11.8 Å². The molecule has 0 spiro atoms. The number of carbonyl (C=O) groups is 2. The molecule has 1 heterocycles. The Hall–Kier alpha value is -4.34. The van der Waals surface area contributed by atoms with Gasteiger partial charge in [-0.1, -0.05) is 30.0 Å². The summed E-state index contributed by atoms with van der Waals surface area (Å²) in [6, 6.07) is 24.5. The fourth-order valence-corrected chi connectivity index (χ4v) is 4.93. The maximum Gasteiger partial charge on any atom is 0.260 e. The molecule has 0 aliphatic carbocycles. The van der Waals surface area contributed by atoms with E-state index in [1.807, 2.05) is 66.7 Å². The zero-order valence-corrected chi connectivity index (χ0v) is 23.7. The number of benzene rings is 3. The topological polar surface area (TPSA) is 104 Å². The van der Waals surface area contributed by atoms with Crippen LogP contribution in [0.15, 0.2) is 106 Å². The minimum atomic E-state index is -1.09. The lowest BCUT2D eigenvalue weighted by molar-refractivity contribution is -0.115. The summed E-state index contributed by atoms with van der Waals surface area (Å²) in [7, 11) is 1.63. The molecule has 0 bridgehead atoms. The molecule has 0 radical (unpaired) electrons. The number of ether oxygens (including phenoxy) is 1. The number of para-hydroxylation sites is 1. The number of amides is 1. The SMILES string of the molecule is COc1ccc2c(Sc3ccc(NC(=O)/C(C=O)=C(\C)N(CC(C)(C)O)Nc4ccccc4)cc3)ccnc2c1. The van der Waals surface area contributed by atoms with E-state index in [0.29, 0.717) is 17.7 Å². The fourth-order valence-electron chi connectivity index (χ4n) is 4.00. The number of allylic oxidation sites excluding steroid dienone is 1. The quantitative estimate of drug-likeness (QED) is 0.0689. The number of hydrogen-bond acceptors (Lipinski definition) is 8. The van der Waals surface area contributed by atoms with Gasteiger partial charge in [0.1, 0.15) is 11.3 Å². The van der Waals surface area contributed by atoms with Crippen molar-refractivity contribution >= 4 is 46.2 Å². The minimum absolute atomic E-state index is 0.0511. The van der Waals surface area contributed by atoms with Gasteiger partial charge in [0.15, 0.2) is 6.29 Å². The number of rotatable bonds is 11. The maximum absolute atomic E-state index is 13.1. The summed E-state index contributed by atoms with van der Waals surface area (Å²) in [6.07, 6.45) is 2.30. The number of hydrogen-bond donors (Lipinski definition) is 3. The molecule has 0 fully saturated rings. The zero-order valence-electron chi connectivity index (χ0n) is 22.8. The predicted molar refractivity (Wildman–Crippen MR) is 159 cm³/mol. The van der Waals surface area contributed by atoms with Crippen LogP contribution in [0.4, 0.5) is 11.4 Å². The van der Waals surface area contributed by atoms with E-state index in [1.165, 1.54) is 0 Å². The van der Waals surface area contributed by atoms with Gasteiger partial charge in [0.2, 0.25) is 0 Å². The van der Waals surface area contributed by atoms with Crippen LogP contribution < -0.4 is 15.5 Å². The highest BCUT2D eigenvalue weighted by molar-refractivity contribution is 7.99. The smallest absolute Gasteiger partial charge is 0.260 e. The number of methoxy groups -OCH3 is 1. The Bertz CT molecular complexity index is 1520. The number of carbonyl (C=O) groups excluding carboxylic acids is 2. The summed E-state index contributed by atoms with van der Waals surface area (Å²) in [5.41, 5.74) is 4.57. The van der Waals surface area contributed by atoms with Gasteiger partial charge in [-0.3, -0.25) is 25.0 Å². The number of anilines is 2. The molecule has 0 saturated heterocycles. The maximum atomic E-state index is 13.1. The van der Waals surface area contributed by atoms with Crippen LogP contribution in [0.2, 0.25) is 0 Å². The van der Waals surface area contributed by atoms with Gasteiger partial charge in [-0.2, -0.15) is 0 Å². The van der Waals surface area contributed by atoms with Crippen molar-refractivity contribution in [2.45, 2.75) is 36.2 Å². The summed E-state index contributed by atoms with van der Waals surface area (Å²) >= 11 is 1.59. The van der Waals surface area contributed by atoms with Gasteiger partial charge in [-0.15, -0.1) is 0 Å². The standard InChI is InChI=1S/C31H32N4O4S/c1-21(35(20-31(2,3)38)34-23-8-6-5-7-9-23)27(19-36)30(37)33-22-10-13-25(14-11-22)40-29-16-17-32-28-18-24(39-4)12-15-26(28)29/h5-19,34,38H,20H2,1-4H3,(H,33,37)/b27-21+. The molecule has 4 aromatic rings. The number of aliphatic hydroxyl groups is 1. The van der Waals surface area contributed by atoms with Crippen molar-refractivity contribution in [2.24, 2.45) is 0 Å². The molecular formula is C31H32N4O4S. The Morgan fingerprint density at radius 1 is 1.05 bits per heavy atom. The van der Waals surface area contributed by atoms with Crippen LogP contribution in [0, 0.1) is 0 Å². The van der Waals surface area contributed by atoms with Crippen LogP contribution in [0.5, 0.6) is 5.75 Å². The number of aromatic nitrogens is 1. The highest BCUT2D eigenvalue weighted by atomic mass is 32.2. The second-order valence-electron chi connectivity index (χ2n) is 9.77. The molecule has 0 aliphatic rings. The molecule has 0 atom stereocenters. The largest absolute Gasteiger partial charge is 0.497 e. The monoisotopic (exact) mass is 556 g/mol. The van der Waals surface area contributed by atoms with Gasteiger partial charge in [0.25, 0.3) is 5.91 Å². The number of hydrazine groups is 1. The molecule has 8 nitrogen and oxygen atoms in total. The number of fused-ring (bicyclic) bond motifs is 1. The summed E-state index contributed by atoms with van der Waals surface area (Å²) < 4.78 is 5.30. The third-order valence-electron chi connectivity index (χ3n) is 5.99. The molecule has 0 aliphatic heterocycles. The van der Waals surface area contributed by atoms with Crippen LogP contribution in [-0.2, 0) is 9.59 Å². The zero-order chi connectivity index (χ0) is 28.7. The first-order valence-corrected chi connectivity index (χ1v) is 13.5. The van der Waals surface area contributed by atoms with Crippen molar-refractivity contribution < 1.29 is 19.4 Å². The molecule has 4 rings (SSSR count). The molecule has 1 amide bonds. The molecule has 0 saturated carbocycles. The molecule has 3 aromatic carbocycles. The second-order valence-corrected chi connectivity index (χ2v) is 10.9. The first kappa shape index (κ1) is 28.7. The molecule has 9 heteroatoms. The lowest BCUT2D eigenvalue weighted by Crippen LogP contribution is -2.42. The van der Waals surface area contributed by atoms with Gasteiger partial charge in [-0.25, -0.2) is 0 Å². The van der Waals surface area contributed by atoms with E-state index in [2.05, 4.69) is 15.7 Å². The van der Waals surface area contributed by atoms with E-state index in [4.69, 9.17) is 4.74 Å². The van der Waals surface area contributed by atoms with Crippen LogP contribution in [0.1, 0.15) is 20.8 Å². The van der Waals surface area contributed by atoms with Crippen LogP contribution in [0.3, 0.4) is 0 Å². The van der Waals surface area contributed by atoms with E-state index in [0.717, 1.165) is 32.1 Å². The highest BCUT2D eigenvalue weighted by Crippen LogP contribution is 2.34. The van der Waals surface area contributed by atoms with Crippen molar-refractivity contribution in [3.8, 4) is 5.75 Å². The second kappa shape index (κ2) is 12.7. The van der Waals surface area contributed by atoms with Crippen LogP contribution in [-0.4, -0.2) is 46.5 Å². The van der Waals surface area contributed by atoms with E-state index < -0.39 is 11.5 Å². The van der Waals surface area contributed by atoms with Crippen molar-refractivity contribution in [1.82, 2.24) is 9.99 Å². The summed E-state index contributed by atoms with van der Waals surface area (Å²) in [4.78, 5) is 31.7. The Morgan fingerprint density at radius 2 is 1.77 bits per heavy atom. The predicted octanol–water partition coefficient (Wildman–Crippen LogP) is 5.91. The van der Waals surface area contributed by atoms with Crippen molar-refractivity contribution in [2.75, 3.05) is 24.4 Å². The fraction of sp³-hybridized carbons (Fsp3) is 0.194. The third kappa shape index (κ3) is 7.40. The Balaban J connectivity index is 1.50. The van der Waals surface area contributed by atoms with E-state index in [9.17, 15) is 14.7 Å².